The summed E-state index contributed by atoms with van der Waals surface area (Å²) in [5.41, 5.74) is 1.21. The Morgan fingerprint density at radius 2 is 2.33 bits per heavy atom. The molecule has 2 rings (SSSR count). The number of hydrogen-bond donors (Lipinski definition) is 1. The third-order valence-electron chi connectivity index (χ3n) is 3.35. The highest BCUT2D eigenvalue weighted by molar-refractivity contribution is 9.10. The van der Waals surface area contributed by atoms with Crippen LogP contribution in [-0.4, -0.2) is 35.8 Å². The van der Waals surface area contributed by atoms with Crippen molar-refractivity contribution in [2.24, 2.45) is 0 Å². The van der Waals surface area contributed by atoms with E-state index in [1.165, 1.54) is 18.4 Å². The first-order chi connectivity index (χ1) is 8.69. The van der Waals surface area contributed by atoms with Gasteiger partial charge in [0, 0.05) is 19.7 Å². The summed E-state index contributed by atoms with van der Waals surface area (Å²) in [5, 5.41) is 9.48. The quantitative estimate of drug-likeness (QED) is 0.906. The van der Waals surface area contributed by atoms with Crippen LogP contribution in [0.1, 0.15) is 25.3 Å². The zero-order valence-electron chi connectivity index (χ0n) is 10.7. The molecular weight excluding hydrogens is 294 g/mol. The topological polar surface area (TPSA) is 32.7 Å². The van der Waals surface area contributed by atoms with Crippen LogP contribution in [0.5, 0.6) is 5.75 Å². The van der Waals surface area contributed by atoms with Crippen LogP contribution in [0.25, 0.3) is 0 Å². The predicted octanol–water partition coefficient (Wildman–Crippen LogP) is 3.16. The Hall–Kier alpha value is -0.580. The third-order valence-corrected chi connectivity index (χ3v) is 3.99. The maximum absolute atomic E-state index is 9.48. The molecule has 1 aromatic rings. The molecule has 1 unspecified atom stereocenters. The summed E-state index contributed by atoms with van der Waals surface area (Å²) in [6.07, 6.45) is 2.76. The highest BCUT2D eigenvalue weighted by Gasteiger charge is 2.18. The lowest BCUT2D eigenvalue weighted by atomic mass is 10.2. The van der Waals surface area contributed by atoms with Gasteiger partial charge in [-0.2, -0.15) is 0 Å². The number of rotatable bonds is 5. The van der Waals surface area contributed by atoms with Crippen LogP contribution in [0.4, 0.5) is 0 Å². The van der Waals surface area contributed by atoms with E-state index in [2.05, 4.69) is 27.8 Å². The summed E-state index contributed by atoms with van der Waals surface area (Å²) < 4.78 is 6.43. The SMILES string of the molecule is CCN(Cc1ccc(O)c(Br)c1)CC1CCCO1. The lowest BCUT2D eigenvalue weighted by Gasteiger charge is -2.23. The molecule has 1 heterocycles. The molecule has 1 atom stereocenters. The number of phenols is 1. The van der Waals surface area contributed by atoms with Gasteiger partial charge in [-0.1, -0.05) is 13.0 Å². The maximum atomic E-state index is 9.48. The zero-order valence-corrected chi connectivity index (χ0v) is 12.3. The van der Waals surface area contributed by atoms with Crippen molar-refractivity contribution in [3.8, 4) is 5.75 Å². The van der Waals surface area contributed by atoms with Gasteiger partial charge in [-0.05, 0) is 53.0 Å². The van der Waals surface area contributed by atoms with E-state index in [-0.39, 0.29) is 0 Å². The number of likely N-dealkylation sites (N-methyl/N-ethyl adjacent to an activating group) is 1. The average Bonchev–Trinajstić information content (AvgIpc) is 2.86. The van der Waals surface area contributed by atoms with Crippen molar-refractivity contribution in [1.29, 1.82) is 0 Å². The van der Waals surface area contributed by atoms with E-state index in [1.54, 1.807) is 6.07 Å². The van der Waals surface area contributed by atoms with Crippen LogP contribution in [0.15, 0.2) is 22.7 Å². The molecule has 1 saturated heterocycles. The van der Waals surface area contributed by atoms with Gasteiger partial charge in [0.25, 0.3) is 0 Å². The first-order valence-corrected chi connectivity index (χ1v) is 7.29. The Morgan fingerprint density at radius 1 is 1.50 bits per heavy atom. The minimum absolute atomic E-state index is 0.293. The molecule has 1 aliphatic heterocycles. The van der Waals surface area contributed by atoms with Gasteiger partial charge in [0.1, 0.15) is 5.75 Å². The monoisotopic (exact) mass is 313 g/mol. The number of aromatic hydroxyl groups is 1. The predicted molar refractivity (Wildman–Crippen MR) is 75.7 cm³/mol. The van der Waals surface area contributed by atoms with E-state index in [4.69, 9.17) is 4.74 Å². The van der Waals surface area contributed by atoms with Gasteiger partial charge < -0.3 is 9.84 Å². The van der Waals surface area contributed by atoms with Crippen molar-refractivity contribution in [2.45, 2.75) is 32.4 Å². The summed E-state index contributed by atoms with van der Waals surface area (Å²) in [6, 6.07) is 5.69. The summed E-state index contributed by atoms with van der Waals surface area (Å²) in [7, 11) is 0. The summed E-state index contributed by atoms with van der Waals surface area (Å²) in [5.74, 6) is 0.293. The van der Waals surface area contributed by atoms with E-state index in [9.17, 15) is 5.11 Å². The number of phenolic OH excluding ortho intramolecular Hbond substituents is 1. The Bertz CT molecular complexity index is 391. The Balaban J connectivity index is 1.94. The summed E-state index contributed by atoms with van der Waals surface area (Å²) >= 11 is 3.35. The number of ether oxygens (including phenoxy) is 1. The fourth-order valence-electron chi connectivity index (χ4n) is 2.29. The van der Waals surface area contributed by atoms with Gasteiger partial charge in [0.2, 0.25) is 0 Å². The fraction of sp³-hybridized carbons (Fsp3) is 0.571. The van der Waals surface area contributed by atoms with E-state index in [0.29, 0.717) is 11.9 Å². The molecule has 3 nitrogen and oxygen atoms in total. The van der Waals surface area contributed by atoms with E-state index in [0.717, 1.165) is 30.7 Å². The standard InChI is InChI=1S/C14H20BrNO2/c1-2-16(10-12-4-3-7-18-12)9-11-5-6-14(17)13(15)8-11/h5-6,8,12,17H,2-4,7,9-10H2,1H3. The lowest BCUT2D eigenvalue weighted by Crippen LogP contribution is -2.31. The van der Waals surface area contributed by atoms with Gasteiger partial charge in [-0.15, -0.1) is 0 Å². The molecule has 18 heavy (non-hydrogen) atoms. The minimum atomic E-state index is 0.293. The van der Waals surface area contributed by atoms with Crippen LogP contribution in [0.3, 0.4) is 0 Å². The third kappa shape index (κ3) is 3.70. The summed E-state index contributed by atoms with van der Waals surface area (Å²) in [4.78, 5) is 2.38. The minimum Gasteiger partial charge on any atom is -0.507 e. The molecule has 4 heteroatoms. The molecule has 1 aliphatic rings. The fourth-order valence-corrected chi connectivity index (χ4v) is 2.71. The van der Waals surface area contributed by atoms with Crippen LogP contribution in [0, 0.1) is 0 Å². The Labute approximate surface area is 117 Å². The smallest absolute Gasteiger partial charge is 0.129 e. The highest BCUT2D eigenvalue weighted by atomic mass is 79.9. The maximum Gasteiger partial charge on any atom is 0.129 e. The second-order valence-electron chi connectivity index (χ2n) is 4.75. The molecule has 0 saturated carbocycles. The van der Waals surface area contributed by atoms with Crippen molar-refractivity contribution < 1.29 is 9.84 Å². The number of nitrogens with zero attached hydrogens (tertiary/aromatic N) is 1. The average molecular weight is 314 g/mol. The van der Waals surface area contributed by atoms with E-state index in [1.807, 2.05) is 12.1 Å². The van der Waals surface area contributed by atoms with Crippen LogP contribution in [-0.2, 0) is 11.3 Å². The van der Waals surface area contributed by atoms with Crippen molar-refractivity contribution in [1.82, 2.24) is 4.90 Å². The molecule has 0 amide bonds. The summed E-state index contributed by atoms with van der Waals surface area (Å²) in [6.45, 7) is 5.99. The van der Waals surface area contributed by atoms with E-state index >= 15 is 0 Å². The Kier molecular flexibility index (Phi) is 5.03. The molecule has 0 radical (unpaired) electrons. The van der Waals surface area contributed by atoms with Crippen LogP contribution < -0.4 is 0 Å². The van der Waals surface area contributed by atoms with Crippen molar-refractivity contribution in [3.63, 3.8) is 0 Å². The zero-order chi connectivity index (χ0) is 13.0. The highest BCUT2D eigenvalue weighted by Crippen LogP contribution is 2.25. The molecule has 1 aromatic carbocycles. The molecule has 0 spiro atoms. The van der Waals surface area contributed by atoms with Crippen molar-refractivity contribution in [3.05, 3.63) is 28.2 Å². The number of benzene rings is 1. The number of hydrogen-bond acceptors (Lipinski definition) is 3. The lowest BCUT2D eigenvalue weighted by molar-refractivity contribution is 0.0725. The van der Waals surface area contributed by atoms with Gasteiger partial charge in [0.05, 0.1) is 10.6 Å². The van der Waals surface area contributed by atoms with Gasteiger partial charge in [0.15, 0.2) is 0 Å². The number of halogens is 1. The van der Waals surface area contributed by atoms with Gasteiger partial charge >= 0.3 is 0 Å². The molecule has 1 fully saturated rings. The molecule has 1 N–H and O–H groups in total. The first kappa shape index (κ1) is 13.8. The van der Waals surface area contributed by atoms with Gasteiger partial charge in [-0.3, -0.25) is 4.90 Å². The van der Waals surface area contributed by atoms with Crippen LogP contribution >= 0.6 is 15.9 Å². The van der Waals surface area contributed by atoms with Crippen molar-refractivity contribution in [2.75, 3.05) is 19.7 Å². The molecule has 100 valence electrons. The van der Waals surface area contributed by atoms with Crippen molar-refractivity contribution >= 4 is 15.9 Å². The Morgan fingerprint density at radius 3 is 2.94 bits per heavy atom. The second kappa shape index (κ2) is 6.55. The molecular formula is C14H20BrNO2. The molecule has 0 bridgehead atoms. The normalized spacial score (nSPS) is 19.6. The largest absolute Gasteiger partial charge is 0.507 e. The second-order valence-corrected chi connectivity index (χ2v) is 5.60. The molecule has 0 aromatic heterocycles. The van der Waals surface area contributed by atoms with Crippen LogP contribution in [0.2, 0.25) is 0 Å². The van der Waals surface area contributed by atoms with E-state index < -0.39 is 0 Å². The van der Waals surface area contributed by atoms with Gasteiger partial charge in [-0.25, -0.2) is 0 Å². The first-order valence-electron chi connectivity index (χ1n) is 6.50. The molecule has 0 aliphatic carbocycles.